The van der Waals surface area contributed by atoms with E-state index in [1.807, 2.05) is 6.92 Å². The number of ether oxygens (including phenoxy) is 3. The molecule has 0 N–H and O–H groups in total. The topological polar surface area (TPSA) is 27.7 Å². The molecule has 3 heteroatoms. The predicted molar refractivity (Wildman–Crippen MR) is 49.7 cm³/mol. The van der Waals surface area contributed by atoms with Crippen molar-refractivity contribution < 1.29 is 14.2 Å². The van der Waals surface area contributed by atoms with E-state index in [2.05, 4.69) is 6.07 Å². The van der Waals surface area contributed by atoms with Gasteiger partial charge in [-0.15, -0.1) is 0 Å². The lowest BCUT2D eigenvalue weighted by Gasteiger charge is -2.10. The second-order valence-corrected chi connectivity index (χ2v) is 2.56. The quantitative estimate of drug-likeness (QED) is 0.711. The van der Waals surface area contributed by atoms with Crippen LogP contribution in [-0.4, -0.2) is 21.3 Å². The average Bonchev–Trinajstić information content (AvgIpc) is 2.18. The number of rotatable bonds is 3. The van der Waals surface area contributed by atoms with Crippen molar-refractivity contribution in [1.82, 2.24) is 0 Å². The van der Waals surface area contributed by atoms with E-state index in [4.69, 9.17) is 14.2 Å². The Morgan fingerprint density at radius 1 is 1.08 bits per heavy atom. The second-order valence-electron chi connectivity index (χ2n) is 2.56. The zero-order valence-corrected chi connectivity index (χ0v) is 8.30. The molecule has 0 saturated heterocycles. The molecule has 71 valence electrons. The lowest BCUT2D eigenvalue weighted by atomic mass is 10.2. The molecule has 0 spiro atoms. The summed E-state index contributed by atoms with van der Waals surface area (Å²) in [5, 5.41) is 0. The van der Waals surface area contributed by atoms with Gasteiger partial charge >= 0.3 is 0 Å². The molecule has 0 heterocycles. The summed E-state index contributed by atoms with van der Waals surface area (Å²) in [6, 6.07) is 4.74. The van der Waals surface area contributed by atoms with Crippen molar-refractivity contribution in [3.8, 4) is 17.2 Å². The van der Waals surface area contributed by atoms with Gasteiger partial charge in [0.15, 0.2) is 0 Å². The van der Waals surface area contributed by atoms with Crippen molar-refractivity contribution in [1.29, 1.82) is 0 Å². The van der Waals surface area contributed by atoms with Crippen molar-refractivity contribution in [3.05, 3.63) is 17.7 Å². The number of methoxy groups -OCH3 is 3. The van der Waals surface area contributed by atoms with Crippen molar-refractivity contribution in [2.75, 3.05) is 21.3 Å². The Kier molecular flexibility index (Phi) is 3.01. The van der Waals surface area contributed by atoms with Crippen LogP contribution >= 0.6 is 0 Å². The van der Waals surface area contributed by atoms with Crippen molar-refractivity contribution >= 4 is 0 Å². The SMILES string of the molecule is COc1[c]c(OC)c(C)c(OC)c1. The van der Waals surface area contributed by atoms with Crippen LogP contribution in [0.2, 0.25) is 0 Å². The van der Waals surface area contributed by atoms with E-state index in [-0.39, 0.29) is 0 Å². The Morgan fingerprint density at radius 3 is 2.23 bits per heavy atom. The molecule has 3 nitrogen and oxygen atoms in total. The first-order valence-corrected chi connectivity index (χ1v) is 3.91. The van der Waals surface area contributed by atoms with E-state index in [0.717, 1.165) is 11.3 Å². The van der Waals surface area contributed by atoms with Crippen LogP contribution in [0.3, 0.4) is 0 Å². The number of hydrogen-bond acceptors (Lipinski definition) is 3. The minimum Gasteiger partial charge on any atom is -0.496 e. The molecule has 0 unspecified atom stereocenters. The molecule has 0 aliphatic carbocycles. The molecule has 0 atom stereocenters. The largest absolute Gasteiger partial charge is 0.496 e. The summed E-state index contributed by atoms with van der Waals surface area (Å²) in [5.41, 5.74) is 0.922. The highest BCUT2D eigenvalue weighted by atomic mass is 16.5. The van der Waals surface area contributed by atoms with Crippen LogP contribution in [0.15, 0.2) is 6.07 Å². The highest BCUT2D eigenvalue weighted by molar-refractivity contribution is 5.48. The summed E-state index contributed by atoms with van der Waals surface area (Å²) >= 11 is 0. The van der Waals surface area contributed by atoms with Gasteiger partial charge in [0.05, 0.1) is 27.4 Å². The third-order valence-electron chi connectivity index (χ3n) is 1.85. The zero-order valence-electron chi connectivity index (χ0n) is 8.30. The van der Waals surface area contributed by atoms with Gasteiger partial charge in [0, 0.05) is 11.6 Å². The van der Waals surface area contributed by atoms with E-state index in [0.29, 0.717) is 11.5 Å². The van der Waals surface area contributed by atoms with Crippen molar-refractivity contribution in [3.63, 3.8) is 0 Å². The van der Waals surface area contributed by atoms with Crippen molar-refractivity contribution in [2.24, 2.45) is 0 Å². The molecule has 1 rings (SSSR count). The molecule has 13 heavy (non-hydrogen) atoms. The minimum atomic E-state index is 0.610. The van der Waals surface area contributed by atoms with E-state index in [1.54, 1.807) is 27.4 Å². The Balaban J connectivity index is 3.20. The first kappa shape index (κ1) is 9.71. The third kappa shape index (κ3) is 1.86. The van der Waals surface area contributed by atoms with Gasteiger partial charge in [-0.05, 0) is 6.92 Å². The first-order valence-electron chi connectivity index (χ1n) is 3.91. The molecule has 1 aromatic rings. The van der Waals surface area contributed by atoms with Crippen LogP contribution < -0.4 is 14.2 Å². The van der Waals surface area contributed by atoms with E-state index < -0.39 is 0 Å². The highest BCUT2D eigenvalue weighted by Gasteiger charge is 2.08. The Hall–Kier alpha value is -1.38. The summed E-state index contributed by atoms with van der Waals surface area (Å²) in [6.45, 7) is 1.91. The lowest BCUT2D eigenvalue weighted by molar-refractivity contribution is 0.370. The second kappa shape index (κ2) is 4.03. The maximum absolute atomic E-state index is 5.15. The van der Waals surface area contributed by atoms with Gasteiger partial charge in [-0.3, -0.25) is 0 Å². The molecular weight excluding hydrogens is 168 g/mol. The third-order valence-corrected chi connectivity index (χ3v) is 1.85. The fourth-order valence-corrected chi connectivity index (χ4v) is 1.11. The van der Waals surface area contributed by atoms with Gasteiger partial charge in [0.2, 0.25) is 0 Å². The van der Waals surface area contributed by atoms with Gasteiger partial charge in [-0.2, -0.15) is 0 Å². The molecule has 1 aromatic carbocycles. The van der Waals surface area contributed by atoms with Crippen molar-refractivity contribution in [2.45, 2.75) is 6.92 Å². The Bertz CT molecular complexity index is 269. The monoisotopic (exact) mass is 181 g/mol. The van der Waals surface area contributed by atoms with Gasteiger partial charge in [0.25, 0.3) is 0 Å². The van der Waals surface area contributed by atoms with Gasteiger partial charge in [0.1, 0.15) is 17.2 Å². The van der Waals surface area contributed by atoms with E-state index in [9.17, 15) is 0 Å². The molecule has 0 aliphatic heterocycles. The molecule has 1 radical (unpaired) electrons. The maximum Gasteiger partial charge on any atom is 0.137 e. The molecule has 0 amide bonds. The first-order chi connectivity index (χ1) is 6.22. The van der Waals surface area contributed by atoms with Gasteiger partial charge in [-0.1, -0.05) is 0 Å². The normalized spacial score (nSPS) is 9.54. The summed E-state index contributed by atoms with van der Waals surface area (Å²) < 4.78 is 15.3. The fraction of sp³-hybridized carbons (Fsp3) is 0.400. The van der Waals surface area contributed by atoms with Crippen LogP contribution in [0.4, 0.5) is 0 Å². The summed E-state index contributed by atoms with van der Waals surface area (Å²) in [6.07, 6.45) is 0. The van der Waals surface area contributed by atoms with Crippen LogP contribution in [0, 0.1) is 13.0 Å². The minimum absolute atomic E-state index is 0.610. The molecule has 0 saturated carbocycles. The molecule has 0 aromatic heterocycles. The van der Waals surface area contributed by atoms with Crippen LogP contribution in [-0.2, 0) is 0 Å². The highest BCUT2D eigenvalue weighted by Crippen LogP contribution is 2.31. The van der Waals surface area contributed by atoms with E-state index in [1.165, 1.54) is 0 Å². The lowest BCUT2D eigenvalue weighted by Crippen LogP contribution is -1.94. The maximum atomic E-state index is 5.15. The summed E-state index contributed by atoms with van der Waals surface area (Å²) in [4.78, 5) is 0. The Labute approximate surface area is 78.2 Å². The van der Waals surface area contributed by atoms with Crippen LogP contribution in [0.5, 0.6) is 17.2 Å². The summed E-state index contributed by atoms with van der Waals surface area (Å²) in [5.74, 6) is 2.00. The Morgan fingerprint density at radius 2 is 1.77 bits per heavy atom. The fourth-order valence-electron chi connectivity index (χ4n) is 1.11. The summed E-state index contributed by atoms with van der Waals surface area (Å²) in [7, 11) is 4.79. The molecule has 0 aliphatic rings. The van der Waals surface area contributed by atoms with Gasteiger partial charge in [-0.25, -0.2) is 0 Å². The molecule has 0 bridgehead atoms. The predicted octanol–water partition coefficient (Wildman–Crippen LogP) is 1.82. The molecular formula is C10H13O3. The smallest absolute Gasteiger partial charge is 0.137 e. The molecule has 0 fully saturated rings. The number of benzene rings is 1. The number of hydrogen-bond donors (Lipinski definition) is 0. The zero-order chi connectivity index (χ0) is 9.84. The average molecular weight is 181 g/mol. The van der Waals surface area contributed by atoms with Crippen LogP contribution in [0.1, 0.15) is 5.56 Å². The van der Waals surface area contributed by atoms with Gasteiger partial charge < -0.3 is 14.2 Å². The van der Waals surface area contributed by atoms with E-state index >= 15 is 0 Å². The van der Waals surface area contributed by atoms with Crippen LogP contribution in [0.25, 0.3) is 0 Å². The standard InChI is InChI=1S/C10H13O3/c1-7-9(12-3)5-8(11-2)6-10(7)13-4/h5H,1-4H3.